The minimum Gasteiger partial charge on any atom is -0.501 e. The molecule has 75 heavy (non-hydrogen) atoms. The second kappa shape index (κ2) is 18.4. The van der Waals surface area contributed by atoms with Gasteiger partial charge < -0.3 is 14.0 Å². The molecule has 0 saturated heterocycles. The van der Waals surface area contributed by atoms with Gasteiger partial charge in [-0.25, -0.2) is 0 Å². The molecule has 3 aliphatic carbocycles. The van der Waals surface area contributed by atoms with Crippen LogP contribution in [0.2, 0.25) is 19.6 Å². The maximum Gasteiger partial charge on any atom is 0.121 e. The molecule has 8 aromatic carbocycles. The van der Waals surface area contributed by atoms with Gasteiger partial charge in [-0.05, 0) is 138 Å². The van der Waals surface area contributed by atoms with Crippen LogP contribution in [0.1, 0.15) is 103 Å². The molecule has 4 nitrogen and oxygen atoms in total. The normalized spacial score (nSPS) is 17.6. The number of hydrogen-bond acceptors (Lipinski definition) is 3. The summed E-state index contributed by atoms with van der Waals surface area (Å²) in [6.07, 6.45) is 7.07. The number of para-hydroxylation sites is 2. The number of pyridine rings is 1. The Balaban J connectivity index is 0.000000304. The summed E-state index contributed by atoms with van der Waals surface area (Å²) in [6.45, 7) is 26.1. The molecule has 0 unspecified atom stereocenters. The van der Waals surface area contributed by atoms with Crippen molar-refractivity contribution in [2.75, 3.05) is 0 Å². The van der Waals surface area contributed by atoms with Crippen LogP contribution in [0.4, 0.5) is 0 Å². The molecular formula is C69H67IrN3OSi-2. The van der Waals surface area contributed by atoms with Crippen molar-refractivity contribution in [3.05, 3.63) is 192 Å². The van der Waals surface area contributed by atoms with Gasteiger partial charge in [-0.15, -0.1) is 54.1 Å². The zero-order chi connectivity index (χ0) is 51.5. The standard InChI is InChI=1S/C55H51N2O.C14H16NSi.Ir/c1-52(2,3)36-30-41(35-22-23-43-44(29-35)55(8)26-24-54(43,7)25-27-55)49(45(31-36)53(4,5)6)57-47-19-12-11-18-46(47)56-51(57)39-17-13-16-38-42-28-34-21-20-33-14-9-10-15-37(33)40(34)32-48(42)58-50(38)39;1-16(2,3)13-9-10-14(15-11-13)12-7-5-4-6-8-12;/h9-16,18-23,28-32H,24-27H2,1-8H3;4-7,9-11H,1-3H3;/q2*-1;. The van der Waals surface area contributed by atoms with Gasteiger partial charge in [0.1, 0.15) is 5.58 Å². The molecule has 0 spiro atoms. The van der Waals surface area contributed by atoms with Gasteiger partial charge in [-0.1, -0.05) is 171 Å². The fraction of sp³-hybridized carbons (Fsp3) is 0.275. The topological polar surface area (TPSA) is 43.9 Å². The fourth-order valence-corrected chi connectivity index (χ4v) is 13.1. The van der Waals surface area contributed by atoms with Crippen LogP contribution in [-0.2, 0) is 41.8 Å². The number of fused-ring (bicyclic) bond motifs is 9. The van der Waals surface area contributed by atoms with E-state index in [4.69, 9.17) is 9.40 Å². The molecule has 3 aromatic heterocycles. The van der Waals surface area contributed by atoms with Crippen molar-refractivity contribution < 1.29 is 24.5 Å². The van der Waals surface area contributed by atoms with Crippen molar-refractivity contribution >= 4 is 67.8 Å². The molecule has 0 amide bonds. The van der Waals surface area contributed by atoms with E-state index in [9.17, 15) is 0 Å². The van der Waals surface area contributed by atoms with Gasteiger partial charge in [0.15, 0.2) is 0 Å². The Hall–Kier alpha value is -6.43. The molecule has 11 aromatic rings. The summed E-state index contributed by atoms with van der Waals surface area (Å²) in [5.74, 6) is 0.840. The van der Waals surface area contributed by atoms with Crippen molar-refractivity contribution in [2.24, 2.45) is 0 Å². The van der Waals surface area contributed by atoms with E-state index in [0.717, 1.165) is 55.6 Å². The summed E-state index contributed by atoms with van der Waals surface area (Å²) in [6, 6.07) is 61.9. The van der Waals surface area contributed by atoms with E-state index in [1.807, 2.05) is 30.5 Å². The SMILES string of the molecule is CC(C)(C)c1cc(-c2ccc3c(c2)C2(C)CCC3(C)CC2)c(-n2c(-c3[c-]ccc4c3oc3cc5c(ccc6ccccc65)cc34)nc3ccccc32)c(C(C)(C)C)c1.C[Si](C)(C)c1ccc(-c2[c-]cccc2)nc1.[Ir]. The van der Waals surface area contributed by atoms with E-state index in [-0.39, 0.29) is 41.8 Å². The van der Waals surface area contributed by atoms with E-state index >= 15 is 0 Å². The van der Waals surface area contributed by atoms with Crippen molar-refractivity contribution in [2.45, 2.75) is 122 Å². The molecule has 1 radical (unpaired) electrons. The van der Waals surface area contributed by atoms with Crippen molar-refractivity contribution in [3.8, 4) is 39.5 Å². The summed E-state index contributed by atoms with van der Waals surface area (Å²) >= 11 is 0. The maximum atomic E-state index is 6.98. The van der Waals surface area contributed by atoms with Crippen molar-refractivity contribution in [1.82, 2.24) is 14.5 Å². The van der Waals surface area contributed by atoms with Gasteiger partial charge in [0.25, 0.3) is 0 Å². The van der Waals surface area contributed by atoms with Crippen molar-refractivity contribution in [3.63, 3.8) is 0 Å². The minimum absolute atomic E-state index is 0. The Labute approximate surface area is 458 Å². The summed E-state index contributed by atoms with van der Waals surface area (Å²) in [7, 11) is -1.23. The van der Waals surface area contributed by atoms with Gasteiger partial charge in [0, 0.05) is 37.3 Å². The molecule has 0 atom stereocenters. The molecule has 1 fully saturated rings. The Kier molecular flexibility index (Phi) is 12.4. The monoisotopic (exact) mass is 1170 g/mol. The summed E-state index contributed by atoms with van der Waals surface area (Å²) in [4.78, 5) is 10.0. The first-order valence-corrected chi connectivity index (χ1v) is 30.2. The molecule has 1 saturated carbocycles. The molecule has 2 bridgehead atoms. The van der Waals surface area contributed by atoms with E-state index in [0.29, 0.717) is 0 Å². The zero-order valence-electron chi connectivity index (χ0n) is 45.4. The Morgan fingerprint density at radius 2 is 1.33 bits per heavy atom. The Morgan fingerprint density at radius 1 is 0.613 bits per heavy atom. The largest absolute Gasteiger partial charge is 0.501 e. The number of nitrogens with zero attached hydrogens (tertiary/aromatic N) is 3. The van der Waals surface area contributed by atoms with Crippen LogP contribution in [0, 0.1) is 12.1 Å². The second-order valence-electron chi connectivity index (χ2n) is 25.1. The van der Waals surface area contributed by atoms with E-state index in [1.165, 1.54) is 80.4 Å². The van der Waals surface area contributed by atoms with E-state index < -0.39 is 8.07 Å². The number of benzene rings is 8. The number of hydrogen-bond donors (Lipinski definition) is 0. The van der Waals surface area contributed by atoms with Crippen LogP contribution in [0.25, 0.3) is 94.0 Å². The quantitative estimate of drug-likeness (QED) is 0.0980. The third-order valence-electron chi connectivity index (χ3n) is 16.8. The summed E-state index contributed by atoms with van der Waals surface area (Å²) in [5, 5.41) is 8.43. The molecule has 0 N–H and O–H groups in total. The fourth-order valence-electron chi connectivity index (χ4n) is 12.1. The average molecular weight is 1170 g/mol. The number of furan rings is 1. The second-order valence-corrected chi connectivity index (χ2v) is 30.2. The van der Waals surface area contributed by atoms with Crippen LogP contribution in [-0.4, -0.2) is 22.6 Å². The van der Waals surface area contributed by atoms with Crippen LogP contribution in [0.5, 0.6) is 0 Å². The van der Waals surface area contributed by atoms with Crippen molar-refractivity contribution in [1.29, 1.82) is 0 Å². The first-order valence-electron chi connectivity index (χ1n) is 26.7. The van der Waals surface area contributed by atoms with E-state index in [1.54, 1.807) is 11.1 Å². The van der Waals surface area contributed by atoms with E-state index in [2.05, 4.69) is 224 Å². The third-order valence-corrected chi connectivity index (χ3v) is 18.8. The van der Waals surface area contributed by atoms with Gasteiger partial charge in [0.2, 0.25) is 0 Å². The molecule has 3 aliphatic rings. The van der Waals surface area contributed by atoms with Gasteiger partial charge in [0.05, 0.1) is 36.2 Å². The Morgan fingerprint density at radius 3 is 2.04 bits per heavy atom. The maximum absolute atomic E-state index is 6.98. The van der Waals surface area contributed by atoms with Gasteiger partial charge in [-0.2, -0.15) is 0 Å². The molecular weight excluding hydrogens is 1110 g/mol. The molecule has 3 heterocycles. The zero-order valence-corrected chi connectivity index (χ0v) is 48.8. The smallest absolute Gasteiger partial charge is 0.121 e. The Bertz CT molecular complexity index is 3980. The predicted octanol–water partition coefficient (Wildman–Crippen LogP) is 18.2. The molecule has 14 rings (SSSR count). The number of imidazole rings is 1. The first kappa shape index (κ1) is 50.7. The van der Waals surface area contributed by atoms with Crippen LogP contribution >= 0.6 is 0 Å². The number of aromatic nitrogens is 3. The minimum atomic E-state index is -1.23. The molecule has 6 heteroatoms. The van der Waals surface area contributed by atoms with Gasteiger partial charge >= 0.3 is 0 Å². The third kappa shape index (κ3) is 8.81. The molecule has 0 aliphatic heterocycles. The van der Waals surface area contributed by atoms with Crippen LogP contribution < -0.4 is 5.19 Å². The first-order chi connectivity index (χ1) is 35.3. The van der Waals surface area contributed by atoms with Crippen LogP contribution in [0.3, 0.4) is 0 Å². The van der Waals surface area contributed by atoms with Gasteiger partial charge in [-0.3, -0.25) is 4.98 Å². The van der Waals surface area contributed by atoms with Crippen LogP contribution in [0.15, 0.2) is 162 Å². The summed E-state index contributed by atoms with van der Waals surface area (Å²) in [5.41, 5.74) is 16.3. The predicted molar refractivity (Wildman–Crippen MR) is 315 cm³/mol. The number of rotatable bonds is 5. The summed E-state index contributed by atoms with van der Waals surface area (Å²) < 4.78 is 9.42. The average Bonchev–Trinajstić information content (AvgIpc) is 3.99. The molecule has 379 valence electrons.